The standard InChI is InChI=1S/C12H19N5O2S/c13-11-2-1-5-14-12(11)16-6-8-17(9-7-16)20(18,19)15-10-3-4-10/h1-2,5,10,15H,3-4,6-9,13H2. The Bertz CT molecular complexity index is 579. The van der Waals surface area contributed by atoms with Crippen molar-refractivity contribution >= 4 is 21.7 Å². The van der Waals surface area contributed by atoms with E-state index in [2.05, 4.69) is 9.71 Å². The van der Waals surface area contributed by atoms with Crippen LogP contribution in [0.1, 0.15) is 12.8 Å². The summed E-state index contributed by atoms with van der Waals surface area (Å²) >= 11 is 0. The Kier molecular flexibility index (Phi) is 3.53. The molecule has 1 saturated heterocycles. The number of nitrogen functional groups attached to an aromatic ring is 1. The minimum Gasteiger partial charge on any atom is -0.396 e. The number of nitrogens with zero attached hydrogens (tertiary/aromatic N) is 3. The minimum atomic E-state index is -3.33. The molecule has 0 bridgehead atoms. The van der Waals surface area contributed by atoms with Gasteiger partial charge in [-0.1, -0.05) is 0 Å². The molecule has 3 N–H and O–H groups in total. The third kappa shape index (κ3) is 2.87. The molecule has 2 heterocycles. The van der Waals surface area contributed by atoms with Gasteiger partial charge < -0.3 is 10.6 Å². The monoisotopic (exact) mass is 297 g/mol. The fourth-order valence-corrected chi connectivity index (χ4v) is 3.75. The molecule has 2 fully saturated rings. The molecule has 0 spiro atoms. The van der Waals surface area contributed by atoms with Crippen LogP contribution in [0, 0.1) is 0 Å². The average Bonchev–Trinajstić information content (AvgIpc) is 3.23. The number of hydrogen-bond acceptors (Lipinski definition) is 5. The van der Waals surface area contributed by atoms with E-state index in [-0.39, 0.29) is 6.04 Å². The van der Waals surface area contributed by atoms with E-state index in [1.54, 1.807) is 18.3 Å². The normalized spacial score (nSPS) is 21.1. The lowest BCUT2D eigenvalue weighted by atomic mass is 10.3. The zero-order valence-electron chi connectivity index (χ0n) is 11.2. The number of nitrogens with two attached hydrogens (primary N) is 1. The van der Waals surface area contributed by atoms with Gasteiger partial charge in [0.25, 0.3) is 10.2 Å². The van der Waals surface area contributed by atoms with Crippen LogP contribution >= 0.6 is 0 Å². The van der Waals surface area contributed by atoms with Crippen molar-refractivity contribution in [2.24, 2.45) is 0 Å². The largest absolute Gasteiger partial charge is 0.396 e. The lowest BCUT2D eigenvalue weighted by Crippen LogP contribution is -2.52. The Hall–Kier alpha value is -1.38. The van der Waals surface area contributed by atoms with E-state index in [0.717, 1.165) is 18.7 Å². The molecule has 2 aliphatic rings. The van der Waals surface area contributed by atoms with Gasteiger partial charge in [0.05, 0.1) is 5.69 Å². The smallest absolute Gasteiger partial charge is 0.279 e. The van der Waals surface area contributed by atoms with E-state index < -0.39 is 10.2 Å². The van der Waals surface area contributed by atoms with Crippen LogP contribution in [0.5, 0.6) is 0 Å². The van der Waals surface area contributed by atoms with E-state index in [9.17, 15) is 8.42 Å². The summed E-state index contributed by atoms with van der Waals surface area (Å²) < 4.78 is 28.4. The summed E-state index contributed by atoms with van der Waals surface area (Å²) in [5.74, 6) is 0.736. The Morgan fingerprint density at radius 1 is 1.25 bits per heavy atom. The molecule has 1 aliphatic carbocycles. The van der Waals surface area contributed by atoms with Crippen molar-refractivity contribution in [1.82, 2.24) is 14.0 Å². The summed E-state index contributed by atoms with van der Waals surface area (Å²) in [6.07, 6.45) is 3.59. The van der Waals surface area contributed by atoms with Gasteiger partial charge in [0.1, 0.15) is 0 Å². The molecular weight excluding hydrogens is 278 g/mol. The van der Waals surface area contributed by atoms with Gasteiger partial charge >= 0.3 is 0 Å². The summed E-state index contributed by atoms with van der Waals surface area (Å²) in [5, 5.41) is 0. The summed E-state index contributed by atoms with van der Waals surface area (Å²) in [7, 11) is -3.33. The van der Waals surface area contributed by atoms with Gasteiger partial charge in [-0.15, -0.1) is 0 Å². The van der Waals surface area contributed by atoms with Crippen LogP contribution in [0.3, 0.4) is 0 Å². The second kappa shape index (κ2) is 5.19. The first-order chi connectivity index (χ1) is 9.56. The highest BCUT2D eigenvalue weighted by Gasteiger charge is 2.33. The highest BCUT2D eigenvalue weighted by molar-refractivity contribution is 7.87. The number of rotatable bonds is 4. The van der Waals surface area contributed by atoms with Crippen molar-refractivity contribution < 1.29 is 8.42 Å². The molecule has 0 radical (unpaired) electrons. The molecule has 8 heteroatoms. The summed E-state index contributed by atoms with van der Waals surface area (Å²) in [6.45, 7) is 2.12. The third-order valence-electron chi connectivity index (χ3n) is 3.59. The van der Waals surface area contributed by atoms with Crippen LogP contribution in [0.4, 0.5) is 11.5 Å². The maximum Gasteiger partial charge on any atom is 0.279 e. The van der Waals surface area contributed by atoms with Crippen molar-refractivity contribution in [3.8, 4) is 0 Å². The second-order valence-corrected chi connectivity index (χ2v) is 6.90. The van der Waals surface area contributed by atoms with Gasteiger partial charge in [-0.2, -0.15) is 17.4 Å². The van der Waals surface area contributed by atoms with E-state index in [4.69, 9.17) is 5.73 Å². The van der Waals surface area contributed by atoms with Gasteiger partial charge in [-0.05, 0) is 25.0 Å². The van der Waals surface area contributed by atoms with Gasteiger partial charge in [-0.25, -0.2) is 4.98 Å². The second-order valence-electron chi connectivity index (χ2n) is 5.20. The van der Waals surface area contributed by atoms with Gasteiger partial charge in [0.15, 0.2) is 5.82 Å². The van der Waals surface area contributed by atoms with Crippen LogP contribution < -0.4 is 15.4 Å². The number of anilines is 2. The van der Waals surface area contributed by atoms with Crippen molar-refractivity contribution in [3.05, 3.63) is 18.3 Å². The first kappa shape index (κ1) is 13.6. The predicted octanol–water partition coefficient (Wildman–Crippen LogP) is -0.217. The lowest BCUT2D eigenvalue weighted by Gasteiger charge is -2.35. The van der Waals surface area contributed by atoms with Crippen molar-refractivity contribution in [2.45, 2.75) is 18.9 Å². The number of nitrogens with one attached hydrogen (secondary N) is 1. The summed E-state index contributed by atoms with van der Waals surface area (Å²) in [5.41, 5.74) is 6.52. The SMILES string of the molecule is Nc1cccnc1N1CCN(S(=O)(=O)NC2CC2)CC1. The van der Waals surface area contributed by atoms with Crippen molar-refractivity contribution in [2.75, 3.05) is 36.8 Å². The Balaban J connectivity index is 1.63. The highest BCUT2D eigenvalue weighted by atomic mass is 32.2. The highest BCUT2D eigenvalue weighted by Crippen LogP contribution is 2.23. The number of pyridine rings is 1. The van der Waals surface area contributed by atoms with Crippen LogP contribution in [-0.4, -0.2) is 49.9 Å². The Morgan fingerprint density at radius 3 is 2.55 bits per heavy atom. The fraction of sp³-hybridized carbons (Fsp3) is 0.583. The maximum atomic E-state index is 12.1. The number of hydrogen-bond donors (Lipinski definition) is 2. The molecule has 1 aromatic rings. The zero-order valence-corrected chi connectivity index (χ0v) is 12.0. The molecular formula is C12H19N5O2S. The molecule has 0 amide bonds. The van der Waals surface area contributed by atoms with Gasteiger partial charge in [0, 0.05) is 38.4 Å². The van der Waals surface area contributed by atoms with E-state index in [0.29, 0.717) is 31.9 Å². The van der Waals surface area contributed by atoms with Gasteiger partial charge in [-0.3, -0.25) is 0 Å². The van der Waals surface area contributed by atoms with Crippen LogP contribution in [0.15, 0.2) is 18.3 Å². The maximum absolute atomic E-state index is 12.1. The topological polar surface area (TPSA) is 91.6 Å². The molecule has 1 saturated carbocycles. The van der Waals surface area contributed by atoms with E-state index in [1.165, 1.54) is 4.31 Å². The zero-order chi connectivity index (χ0) is 14.2. The predicted molar refractivity (Wildman–Crippen MR) is 77.5 cm³/mol. The first-order valence-electron chi connectivity index (χ1n) is 6.79. The van der Waals surface area contributed by atoms with Crippen molar-refractivity contribution in [1.29, 1.82) is 0 Å². The van der Waals surface area contributed by atoms with E-state index in [1.807, 2.05) is 4.90 Å². The number of aromatic nitrogens is 1. The van der Waals surface area contributed by atoms with E-state index >= 15 is 0 Å². The first-order valence-corrected chi connectivity index (χ1v) is 8.23. The summed E-state index contributed by atoms with van der Waals surface area (Å²) in [6, 6.07) is 3.74. The molecule has 0 atom stereocenters. The molecule has 0 aromatic carbocycles. The molecule has 0 unspecified atom stereocenters. The molecule has 20 heavy (non-hydrogen) atoms. The Morgan fingerprint density at radius 2 is 1.95 bits per heavy atom. The molecule has 110 valence electrons. The fourth-order valence-electron chi connectivity index (χ4n) is 2.30. The molecule has 1 aromatic heterocycles. The quantitative estimate of drug-likeness (QED) is 0.802. The molecule has 7 nitrogen and oxygen atoms in total. The number of piperazine rings is 1. The lowest BCUT2D eigenvalue weighted by molar-refractivity contribution is 0.377. The van der Waals surface area contributed by atoms with Crippen molar-refractivity contribution in [3.63, 3.8) is 0 Å². The molecule has 1 aliphatic heterocycles. The average molecular weight is 297 g/mol. The summed E-state index contributed by atoms with van der Waals surface area (Å²) in [4.78, 5) is 6.29. The van der Waals surface area contributed by atoms with Crippen LogP contribution in [0.2, 0.25) is 0 Å². The third-order valence-corrected chi connectivity index (χ3v) is 5.26. The van der Waals surface area contributed by atoms with Gasteiger partial charge in [0.2, 0.25) is 0 Å². The molecule has 3 rings (SSSR count). The minimum absolute atomic E-state index is 0.143. The van der Waals surface area contributed by atoms with Crippen LogP contribution in [-0.2, 0) is 10.2 Å². The Labute approximate surface area is 118 Å². The van der Waals surface area contributed by atoms with Crippen LogP contribution in [0.25, 0.3) is 0 Å².